The molecule has 0 bridgehead atoms. The minimum atomic E-state index is 0.608. The zero-order valence-electron chi connectivity index (χ0n) is 6.97. The molecule has 0 unspecified atom stereocenters. The second-order valence-electron chi connectivity index (χ2n) is 3.72. The maximum atomic E-state index is 5.36. The van der Waals surface area contributed by atoms with Gasteiger partial charge in [0.05, 0.1) is 0 Å². The van der Waals surface area contributed by atoms with Crippen LogP contribution in [-0.4, -0.2) is 26.4 Å². The summed E-state index contributed by atoms with van der Waals surface area (Å²) in [5.74, 6) is 0. The van der Waals surface area contributed by atoms with Gasteiger partial charge in [-0.05, 0) is 31.1 Å². The van der Waals surface area contributed by atoms with E-state index in [1.807, 2.05) is 0 Å². The molecule has 0 radical (unpaired) electrons. The minimum absolute atomic E-state index is 0.608. The molecule has 2 heterocycles. The lowest BCUT2D eigenvalue weighted by Crippen LogP contribution is -2.35. The Bertz CT molecular complexity index is 102. The van der Waals surface area contributed by atoms with Crippen LogP contribution in [0.3, 0.4) is 0 Å². The first-order valence-corrected chi connectivity index (χ1v) is 4.57. The summed E-state index contributed by atoms with van der Waals surface area (Å²) in [6, 6.07) is 0. The largest absolute Gasteiger partial charge is 0.381 e. The predicted molar refractivity (Wildman–Crippen MR) is 42.5 cm³/mol. The molecule has 2 aliphatic rings. The van der Waals surface area contributed by atoms with Gasteiger partial charge in [0, 0.05) is 26.4 Å². The molecule has 0 N–H and O–H groups in total. The summed E-state index contributed by atoms with van der Waals surface area (Å²) < 4.78 is 10.7. The SMILES string of the molecule is C1CC2(CCO1)CCOCC2. The Morgan fingerprint density at radius 2 is 1.00 bits per heavy atom. The Hall–Kier alpha value is -0.0800. The standard InChI is InChI=1S/C9H16O2/c1-5-10-6-2-9(1)3-7-11-8-4-9/h1-8H2. The van der Waals surface area contributed by atoms with Crippen molar-refractivity contribution in [3.8, 4) is 0 Å². The molecule has 0 aromatic rings. The first-order valence-electron chi connectivity index (χ1n) is 4.57. The van der Waals surface area contributed by atoms with Gasteiger partial charge in [-0.1, -0.05) is 0 Å². The van der Waals surface area contributed by atoms with Crippen molar-refractivity contribution in [2.24, 2.45) is 5.41 Å². The third-order valence-electron chi connectivity index (χ3n) is 3.11. The molecule has 0 aliphatic carbocycles. The Kier molecular flexibility index (Phi) is 2.14. The van der Waals surface area contributed by atoms with Crippen molar-refractivity contribution in [3.63, 3.8) is 0 Å². The number of ether oxygens (including phenoxy) is 2. The van der Waals surface area contributed by atoms with Gasteiger partial charge in [0.15, 0.2) is 0 Å². The Morgan fingerprint density at radius 1 is 0.636 bits per heavy atom. The zero-order valence-corrected chi connectivity index (χ0v) is 6.97. The molecule has 0 aromatic carbocycles. The summed E-state index contributed by atoms with van der Waals surface area (Å²) in [4.78, 5) is 0. The quantitative estimate of drug-likeness (QED) is 0.530. The van der Waals surface area contributed by atoms with Crippen LogP contribution in [-0.2, 0) is 9.47 Å². The van der Waals surface area contributed by atoms with Gasteiger partial charge < -0.3 is 9.47 Å². The van der Waals surface area contributed by atoms with Gasteiger partial charge in [-0.25, -0.2) is 0 Å². The van der Waals surface area contributed by atoms with E-state index in [4.69, 9.17) is 9.47 Å². The first-order chi connectivity index (χ1) is 5.41. The number of hydrogen-bond acceptors (Lipinski definition) is 2. The molecule has 2 nitrogen and oxygen atoms in total. The Morgan fingerprint density at radius 3 is 1.36 bits per heavy atom. The van der Waals surface area contributed by atoms with E-state index in [-0.39, 0.29) is 0 Å². The molecule has 11 heavy (non-hydrogen) atoms. The van der Waals surface area contributed by atoms with Gasteiger partial charge in [0.25, 0.3) is 0 Å². The Labute approximate surface area is 67.9 Å². The van der Waals surface area contributed by atoms with Crippen molar-refractivity contribution in [1.29, 1.82) is 0 Å². The highest BCUT2D eigenvalue weighted by Gasteiger charge is 2.33. The van der Waals surface area contributed by atoms with Crippen molar-refractivity contribution in [3.05, 3.63) is 0 Å². The molecule has 0 saturated carbocycles. The van der Waals surface area contributed by atoms with Gasteiger partial charge in [0.1, 0.15) is 0 Å². The second kappa shape index (κ2) is 3.11. The normalized spacial score (nSPS) is 30.5. The molecular formula is C9H16O2. The highest BCUT2D eigenvalue weighted by Crippen LogP contribution is 2.39. The van der Waals surface area contributed by atoms with Crippen LogP contribution in [0, 0.1) is 5.41 Å². The molecule has 2 aliphatic heterocycles. The molecule has 0 atom stereocenters. The summed E-state index contributed by atoms with van der Waals surface area (Å²) in [7, 11) is 0. The molecule has 0 aromatic heterocycles. The number of rotatable bonds is 0. The molecule has 2 heteroatoms. The average molecular weight is 156 g/mol. The van der Waals surface area contributed by atoms with Crippen LogP contribution in [0.1, 0.15) is 25.7 Å². The molecule has 2 saturated heterocycles. The van der Waals surface area contributed by atoms with Crippen LogP contribution >= 0.6 is 0 Å². The molecule has 2 fully saturated rings. The fourth-order valence-corrected chi connectivity index (χ4v) is 2.11. The third kappa shape index (κ3) is 1.57. The van der Waals surface area contributed by atoms with Crippen LogP contribution in [0.5, 0.6) is 0 Å². The number of hydrogen-bond donors (Lipinski definition) is 0. The molecule has 2 rings (SSSR count). The Balaban J connectivity index is 1.94. The lowest BCUT2D eigenvalue weighted by molar-refractivity contribution is -0.0534. The summed E-state index contributed by atoms with van der Waals surface area (Å²) in [6.07, 6.45) is 5.04. The van der Waals surface area contributed by atoms with E-state index in [1.54, 1.807) is 0 Å². The fourth-order valence-electron chi connectivity index (χ4n) is 2.11. The van der Waals surface area contributed by atoms with Gasteiger partial charge in [-0.15, -0.1) is 0 Å². The minimum Gasteiger partial charge on any atom is -0.381 e. The third-order valence-corrected chi connectivity index (χ3v) is 3.11. The van der Waals surface area contributed by atoms with E-state index in [9.17, 15) is 0 Å². The second-order valence-corrected chi connectivity index (χ2v) is 3.72. The predicted octanol–water partition coefficient (Wildman–Crippen LogP) is 1.59. The molecular weight excluding hydrogens is 140 g/mol. The smallest absolute Gasteiger partial charge is 0.0471 e. The van der Waals surface area contributed by atoms with Crippen molar-refractivity contribution >= 4 is 0 Å². The van der Waals surface area contributed by atoms with E-state index in [1.165, 1.54) is 25.7 Å². The topological polar surface area (TPSA) is 18.5 Å². The highest BCUT2D eigenvalue weighted by molar-refractivity contribution is 4.83. The van der Waals surface area contributed by atoms with Gasteiger partial charge >= 0.3 is 0 Å². The van der Waals surface area contributed by atoms with Crippen LogP contribution in [0.25, 0.3) is 0 Å². The van der Waals surface area contributed by atoms with Crippen molar-refractivity contribution in [1.82, 2.24) is 0 Å². The van der Waals surface area contributed by atoms with Gasteiger partial charge in [-0.3, -0.25) is 0 Å². The van der Waals surface area contributed by atoms with Gasteiger partial charge in [-0.2, -0.15) is 0 Å². The van der Waals surface area contributed by atoms with Crippen LogP contribution in [0.2, 0.25) is 0 Å². The maximum Gasteiger partial charge on any atom is 0.0471 e. The highest BCUT2D eigenvalue weighted by atomic mass is 16.5. The molecule has 0 amide bonds. The van der Waals surface area contributed by atoms with Crippen LogP contribution in [0.15, 0.2) is 0 Å². The van der Waals surface area contributed by atoms with E-state index in [0.717, 1.165) is 26.4 Å². The van der Waals surface area contributed by atoms with Crippen LogP contribution < -0.4 is 0 Å². The van der Waals surface area contributed by atoms with E-state index < -0.39 is 0 Å². The lowest BCUT2D eigenvalue weighted by atomic mass is 9.74. The summed E-state index contributed by atoms with van der Waals surface area (Å²) in [5.41, 5.74) is 0.608. The van der Waals surface area contributed by atoms with E-state index in [2.05, 4.69) is 0 Å². The first kappa shape index (κ1) is 7.56. The van der Waals surface area contributed by atoms with E-state index >= 15 is 0 Å². The fraction of sp³-hybridized carbons (Fsp3) is 1.00. The molecule has 1 spiro atoms. The van der Waals surface area contributed by atoms with Crippen LogP contribution in [0.4, 0.5) is 0 Å². The van der Waals surface area contributed by atoms with Crippen molar-refractivity contribution < 1.29 is 9.47 Å². The summed E-state index contributed by atoms with van der Waals surface area (Å²) in [6.45, 7) is 3.89. The maximum absolute atomic E-state index is 5.36. The summed E-state index contributed by atoms with van der Waals surface area (Å²) in [5, 5.41) is 0. The zero-order chi connectivity index (χ0) is 7.57. The monoisotopic (exact) mass is 156 g/mol. The average Bonchev–Trinajstić information content (AvgIpc) is 2.07. The lowest BCUT2D eigenvalue weighted by Gasteiger charge is -2.40. The van der Waals surface area contributed by atoms with E-state index in [0.29, 0.717) is 5.41 Å². The van der Waals surface area contributed by atoms with Crippen molar-refractivity contribution in [2.75, 3.05) is 26.4 Å². The molecule has 64 valence electrons. The van der Waals surface area contributed by atoms with Gasteiger partial charge in [0.2, 0.25) is 0 Å². The van der Waals surface area contributed by atoms with Crippen molar-refractivity contribution in [2.45, 2.75) is 25.7 Å². The summed E-state index contributed by atoms with van der Waals surface area (Å²) >= 11 is 0.